The van der Waals surface area contributed by atoms with Gasteiger partial charge in [0.05, 0.1) is 11.1 Å². The van der Waals surface area contributed by atoms with E-state index in [0.717, 1.165) is 24.8 Å². The highest BCUT2D eigenvalue weighted by molar-refractivity contribution is 6.22. The number of phenolic OH excluding ortho intramolecular Hbond substituents is 1. The van der Waals surface area contributed by atoms with Gasteiger partial charge in [-0.15, -0.1) is 0 Å². The number of ketones is 2. The molecular weight excluding hydrogens is 476 g/mol. The summed E-state index contributed by atoms with van der Waals surface area (Å²) in [6, 6.07) is 1.74. The highest BCUT2D eigenvalue weighted by atomic mass is 16.3. The van der Waals surface area contributed by atoms with E-state index < -0.39 is 52.0 Å². The lowest BCUT2D eigenvalue weighted by Crippen LogP contribution is -2.58. The predicted octanol–water partition coefficient (Wildman–Crippen LogP) is 1.95. The molecule has 9 heteroatoms. The number of phenols is 1. The fourth-order valence-corrected chi connectivity index (χ4v) is 6.10. The largest absolute Gasteiger partial charge is 0.508 e. The number of nitrogens with zero attached hydrogens (tertiary/aromatic N) is 1. The first kappa shape index (κ1) is 24.7. The van der Waals surface area contributed by atoms with Crippen molar-refractivity contribution in [1.29, 1.82) is 0 Å². The molecule has 0 heterocycles. The Morgan fingerprint density at radius 1 is 1.16 bits per heavy atom. The van der Waals surface area contributed by atoms with E-state index in [1.165, 1.54) is 0 Å². The van der Waals surface area contributed by atoms with Crippen molar-refractivity contribution in [2.75, 3.05) is 19.0 Å². The third kappa shape index (κ3) is 3.55. The van der Waals surface area contributed by atoms with Crippen LogP contribution in [0.2, 0.25) is 0 Å². The number of allylic oxidation sites excluding steroid dienone is 2. The molecule has 0 bridgehead atoms. The highest BCUT2D eigenvalue weighted by Gasteiger charge is 2.60. The SMILES string of the molecule is CN(C)c1cc(C#CC2=CCCC2)c(O)c2c1CC1CC3CC(=O)C(C(N)=O)=C(O)C3(O)C(=O)C1=C2O. The fraction of sp³-hybridized carbons (Fsp3) is 0.393. The van der Waals surface area contributed by atoms with E-state index in [4.69, 9.17) is 5.73 Å². The van der Waals surface area contributed by atoms with Crippen molar-refractivity contribution >= 4 is 28.9 Å². The van der Waals surface area contributed by atoms with E-state index in [2.05, 4.69) is 11.8 Å². The highest BCUT2D eigenvalue weighted by Crippen LogP contribution is 2.53. The number of hydrogen-bond acceptors (Lipinski definition) is 8. The van der Waals surface area contributed by atoms with Gasteiger partial charge >= 0.3 is 0 Å². The van der Waals surface area contributed by atoms with E-state index in [0.29, 0.717) is 11.3 Å². The van der Waals surface area contributed by atoms with Gasteiger partial charge in [-0.3, -0.25) is 14.4 Å². The molecule has 3 atom stereocenters. The monoisotopic (exact) mass is 504 g/mol. The maximum atomic E-state index is 13.7. The molecular formula is C28H28N2O7. The van der Waals surface area contributed by atoms with Crippen molar-refractivity contribution in [2.24, 2.45) is 17.6 Å². The second kappa shape index (κ2) is 8.53. The lowest BCUT2D eigenvalue weighted by Gasteiger charge is -2.46. The van der Waals surface area contributed by atoms with Crippen LogP contribution in [0.1, 0.15) is 48.8 Å². The van der Waals surface area contributed by atoms with Crippen molar-refractivity contribution in [2.45, 2.75) is 44.1 Å². The Morgan fingerprint density at radius 2 is 1.89 bits per heavy atom. The molecule has 0 aromatic heterocycles. The van der Waals surface area contributed by atoms with Crippen LogP contribution in [0.15, 0.2) is 34.6 Å². The Bertz CT molecular complexity index is 1440. The average Bonchev–Trinajstić information content (AvgIpc) is 3.34. The molecule has 37 heavy (non-hydrogen) atoms. The second-order valence-electron chi connectivity index (χ2n) is 10.3. The number of aliphatic hydroxyl groups excluding tert-OH is 2. The molecule has 0 aliphatic heterocycles. The third-order valence-electron chi connectivity index (χ3n) is 7.92. The number of hydrogen-bond donors (Lipinski definition) is 5. The van der Waals surface area contributed by atoms with Gasteiger partial charge in [0.15, 0.2) is 11.4 Å². The number of fused-ring (bicyclic) bond motifs is 3. The first-order valence-corrected chi connectivity index (χ1v) is 12.2. The summed E-state index contributed by atoms with van der Waals surface area (Å²) < 4.78 is 0. The summed E-state index contributed by atoms with van der Waals surface area (Å²) in [7, 11) is 3.64. The van der Waals surface area contributed by atoms with Gasteiger partial charge in [0.2, 0.25) is 5.78 Å². The zero-order valence-corrected chi connectivity index (χ0v) is 20.6. The molecule has 0 saturated heterocycles. The van der Waals surface area contributed by atoms with Crippen LogP contribution in [-0.4, -0.2) is 57.6 Å². The number of aliphatic hydroxyl groups is 3. The molecule has 0 spiro atoms. The number of carbonyl (C=O) groups is 3. The summed E-state index contributed by atoms with van der Waals surface area (Å²) >= 11 is 0. The fourth-order valence-electron chi connectivity index (χ4n) is 6.10. The summed E-state index contributed by atoms with van der Waals surface area (Å²) in [5.74, 6) is -0.410. The summed E-state index contributed by atoms with van der Waals surface area (Å²) in [6.07, 6.45) is 4.87. The predicted molar refractivity (Wildman–Crippen MR) is 135 cm³/mol. The minimum absolute atomic E-state index is 0.0445. The van der Waals surface area contributed by atoms with Crippen molar-refractivity contribution in [3.05, 3.63) is 51.3 Å². The maximum Gasteiger partial charge on any atom is 0.255 e. The molecule has 1 fully saturated rings. The number of Topliss-reactive ketones (excluding diaryl/α,β-unsaturated/α-hetero) is 2. The van der Waals surface area contributed by atoms with Crippen LogP contribution in [0.5, 0.6) is 5.75 Å². The first-order valence-electron chi connectivity index (χ1n) is 12.2. The minimum Gasteiger partial charge on any atom is -0.508 e. The van der Waals surface area contributed by atoms with E-state index >= 15 is 0 Å². The van der Waals surface area contributed by atoms with Gasteiger partial charge in [-0.2, -0.15) is 0 Å². The van der Waals surface area contributed by atoms with Crippen LogP contribution in [-0.2, 0) is 20.8 Å². The summed E-state index contributed by atoms with van der Waals surface area (Å²) in [5, 5.41) is 44.7. The number of anilines is 1. The molecule has 1 aromatic carbocycles. The van der Waals surface area contributed by atoms with Crippen LogP contribution < -0.4 is 10.6 Å². The zero-order chi connectivity index (χ0) is 26.8. The molecule has 1 amide bonds. The van der Waals surface area contributed by atoms with Gasteiger partial charge in [0.1, 0.15) is 22.8 Å². The van der Waals surface area contributed by atoms with E-state index in [9.17, 15) is 34.8 Å². The van der Waals surface area contributed by atoms with E-state index in [1.54, 1.807) is 6.07 Å². The number of primary amides is 1. The summed E-state index contributed by atoms with van der Waals surface area (Å²) in [6.45, 7) is 0. The Kier molecular flexibility index (Phi) is 5.68. The number of carbonyl (C=O) groups excluding carboxylic acids is 3. The molecule has 5 rings (SSSR count). The normalized spacial score (nSPS) is 26.6. The smallest absolute Gasteiger partial charge is 0.255 e. The number of rotatable bonds is 2. The van der Waals surface area contributed by atoms with Gasteiger partial charge in [-0.25, -0.2) is 0 Å². The van der Waals surface area contributed by atoms with E-state index in [-0.39, 0.29) is 41.7 Å². The van der Waals surface area contributed by atoms with Crippen LogP contribution in [0.4, 0.5) is 5.69 Å². The minimum atomic E-state index is -2.58. The zero-order valence-electron chi connectivity index (χ0n) is 20.6. The third-order valence-corrected chi connectivity index (χ3v) is 7.92. The van der Waals surface area contributed by atoms with Crippen molar-refractivity contribution in [1.82, 2.24) is 0 Å². The van der Waals surface area contributed by atoms with E-state index in [1.807, 2.05) is 25.1 Å². The lowest BCUT2D eigenvalue weighted by atomic mass is 9.59. The lowest BCUT2D eigenvalue weighted by molar-refractivity contribution is -0.147. The van der Waals surface area contributed by atoms with Crippen LogP contribution >= 0.6 is 0 Å². The number of aromatic hydroxyl groups is 1. The van der Waals surface area contributed by atoms with Crippen LogP contribution in [0.25, 0.3) is 5.76 Å². The van der Waals surface area contributed by atoms with Gasteiger partial charge < -0.3 is 31.1 Å². The Morgan fingerprint density at radius 3 is 2.51 bits per heavy atom. The van der Waals surface area contributed by atoms with Gasteiger partial charge in [0, 0.05) is 37.7 Å². The first-order chi connectivity index (χ1) is 17.5. The maximum absolute atomic E-state index is 13.7. The van der Waals surface area contributed by atoms with Crippen LogP contribution in [0.3, 0.4) is 0 Å². The van der Waals surface area contributed by atoms with Crippen molar-refractivity contribution in [3.63, 3.8) is 0 Å². The van der Waals surface area contributed by atoms with Crippen molar-refractivity contribution < 1.29 is 34.8 Å². The average molecular weight is 505 g/mol. The van der Waals surface area contributed by atoms with Gasteiger partial charge in [0.25, 0.3) is 5.91 Å². The molecule has 9 nitrogen and oxygen atoms in total. The standard InChI is InChI=1S/C28H28N2O7/c1-30(2)18-11-14(8-7-13-5-3-4-6-13)23(32)21-17(18)10-15-9-16-12-19(31)22(27(29)36)26(35)28(16,37)25(34)20(15)24(21)33/h5,11,15-16,32-33,35,37H,3-4,6,9-10,12H2,1-2H3,(H2,29,36). The molecule has 1 aromatic rings. The summed E-state index contributed by atoms with van der Waals surface area (Å²) in [5.41, 5.74) is 4.29. The molecule has 4 aliphatic carbocycles. The topological polar surface area (TPSA) is 161 Å². The molecule has 4 aliphatic rings. The Balaban J connectivity index is 1.70. The van der Waals surface area contributed by atoms with Gasteiger partial charge in [-0.1, -0.05) is 17.9 Å². The quantitative estimate of drug-likeness (QED) is 0.302. The Hall–Kier alpha value is -4.03. The molecule has 192 valence electrons. The van der Waals surface area contributed by atoms with Crippen molar-refractivity contribution in [3.8, 4) is 17.6 Å². The molecule has 6 N–H and O–H groups in total. The van der Waals surface area contributed by atoms with Crippen LogP contribution in [0, 0.1) is 23.7 Å². The number of nitrogens with two attached hydrogens (primary N) is 1. The molecule has 1 saturated carbocycles. The second-order valence-corrected chi connectivity index (χ2v) is 10.3. The summed E-state index contributed by atoms with van der Waals surface area (Å²) in [4.78, 5) is 39.8. The molecule has 0 radical (unpaired) electrons. The Labute approximate surface area is 213 Å². The number of amides is 1. The van der Waals surface area contributed by atoms with Gasteiger partial charge in [-0.05, 0) is 55.2 Å². The molecule has 3 unspecified atom stereocenters. The number of benzene rings is 1.